The first-order valence-corrected chi connectivity index (χ1v) is 9.36. The summed E-state index contributed by atoms with van der Waals surface area (Å²) in [5, 5.41) is 8.08. The van der Waals surface area contributed by atoms with E-state index < -0.39 is 0 Å². The Bertz CT molecular complexity index is 1130. The maximum absolute atomic E-state index is 13.5. The lowest BCUT2D eigenvalue weighted by molar-refractivity contribution is 0.625. The number of aromatic nitrogens is 4. The minimum Gasteiger partial charge on any atom is -0.340 e. The van der Waals surface area contributed by atoms with E-state index in [1.807, 2.05) is 19.9 Å². The lowest BCUT2D eigenvalue weighted by Crippen LogP contribution is -2.06. The smallest absolute Gasteiger partial charge is 0.254 e. The molecule has 0 saturated carbocycles. The van der Waals surface area contributed by atoms with Gasteiger partial charge in [-0.05, 0) is 55.7 Å². The van der Waals surface area contributed by atoms with Gasteiger partial charge in [-0.2, -0.15) is 9.50 Å². The zero-order valence-electron chi connectivity index (χ0n) is 16.2. The van der Waals surface area contributed by atoms with Crippen LogP contribution in [0.15, 0.2) is 48.5 Å². The van der Waals surface area contributed by atoms with Crippen molar-refractivity contribution in [3.8, 4) is 0 Å². The second-order valence-corrected chi connectivity index (χ2v) is 6.89. The number of fused-ring (bicyclic) bond motifs is 1. The summed E-state index contributed by atoms with van der Waals surface area (Å²) in [6.07, 6.45) is 1.45. The van der Waals surface area contributed by atoms with Crippen molar-refractivity contribution in [2.45, 2.75) is 33.6 Å². The van der Waals surface area contributed by atoms with Crippen molar-refractivity contribution in [2.24, 2.45) is 0 Å². The Balaban J connectivity index is 1.72. The van der Waals surface area contributed by atoms with Crippen molar-refractivity contribution >= 4 is 17.3 Å². The van der Waals surface area contributed by atoms with Crippen molar-refractivity contribution < 1.29 is 4.39 Å². The molecule has 0 radical (unpaired) electrons. The van der Waals surface area contributed by atoms with Gasteiger partial charge in [0.05, 0.1) is 0 Å². The average Bonchev–Trinajstić information content (AvgIpc) is 3.07. The van der Waals surface area contributed by atoms with Gasteiger partial charge in [0.1, 0.15) is 11.6 Å². The first-order valence-electron chi connectivity index (χ1n) is 9.36. The Morgan fingerprint density at radius 1 is 1.00 bits per heavy atom. The molecule has 142 valence electrons. The van der Waals surface area contributed by atoms with Crippen molar-refractivity contribution in [3.05, 3.63) is 82.6 Å². The van der Waals surface area contributed by atoms with Gasteiger partial charge >= 0.3 is 0 Å². The number of anilines is 2. The fourth-order valence-corrected chi connectivity index (χ4v) is 3.14. The summed E-state index contributed by atoms with van der Waals surface area (Å²) in [6.45, 7) is 6.11. The molecule has 2 aromatic carbocycles. The highest BCUT2D eigenvalue weighted by atomic mass is 19.1. The molecule has 0 aliphatic carbocycles. The third kappa shape index (κ3) is 3.58. The number of halogens is 1. The molecule has 2 aromatic heterocycles. The monoisotopic (exact) mass is 375 g/mol. The summed E-state index contributed by atoms with van der Waals surface area (Å²) in [4.78, 5) is 9.11. The molecular formula is C22H22FN5. The van der Waals surface area contributed by atoms with E-state index in [2.05, 4.69) is 51.6 Å². The van der Waals surface area contributed by atoms with E-state index in [1.54, 1.807) is 10.6 Å². The molecule has 0 unspecified atom stereocenters. The summed E-state index contributed by atoms with van der Waals surface area (Å²) in [5.74, 6) is 1.71. The first-order chi connectivity index (χ1) is 13.5. The molecular weight excluding hydrogens is 353 g/mol. The SMILES string of the molecule is CCc1ccc(Nc2c(C)c(C)nc3nc(Cc4cccc(F)c4)nn23)cc1. The molecule has 0 aliphatic heterocycles. The van der Waals surface area contributed by atoms with Gasteiger partial charge in [0.2, 0.25) is 0 Å². The summed E-state index contributed by atoms with van der Waals surface area (Å²) in [7, 11) is 0. The average molecular weight is 375 g/mol. The topological polar surface area (TPSA) is 55.1 Å². The number of rotatable bonds is 5. The van der Waals surface area contributed by atoms with Crippen LogP contribution in [0.1, 0.15) is 35.1 Å². The second-order valence-electron chi connectivity index (χ2n) is 6.89. The molecule has 0 aliphatic rings. The van der Waals surface area contributed by atoms with Gasteiger partial charge in [0.15, 0.2) is 5.82 Å². The quantitative estimate of drug-likeness (QED) is 0.546. The van der Waals surface area contributed by atoms with Gasteiger partial charge in [-0.15, -0.1) is 5.10 Å². The van der Waals surface area contributed by atoms with Crippen LogP contribution in [-0.2, 0) is 12.8 Å². The van der Waals surface area contributed by atoms with Crippen LogP contribution >= 0.6 is 0 Å². The highest BCUT2D eigenvalue weighted by molar-refractivity contribution is 5.62. The van der Waals surface area contributed by atoms with Crippen LogP contribution in [0.2, 0.25) is 0 Å². The fourth-order valence-electron chi connectivity index (χ4n) is 3.14. The van der Waals surface area contributed by atoms with Crippen LogP contribution < -0.4 is 5.32 Å². The van der Waals surface area contributed by atoms with E-state index in [1.165, 1.54) is 17.7 Å². The Labute approximate surface area is 163 Å². The van der Waals surface area contributed by atoms with E-state index in [0.717, 1.165) is 34.7 Å². The third-order valence-electron chi connectivity index (χ3n) is 4.89. The maximum Gasteiger partial charge on any atom is 0.254 e. The lowest BCUT2D eigenvalue weighted by Gasteiger charge is -2.12. The van der Waals surface area contributed by atoms with Crippen molar-refractivity contribution in [3.63, 3.8) is 0 Å². The molecule has 6 heteroatoms. The van der Waals surface area contributed by atoms with E-state index in [9.17, 15) is 4.39 Å². The Morgan fingerprint density at radius 3 is 2.50 bits per heavy atom. The molecule has 1 N–H and O–H groups in total. The Kier molecular flexibility index (Phi) is 4.77. The second kappa shape index (κ2) is 7.38. The van der Waals surface area contributed by atoms with Crippen LogP contribution in [0.3, 0.4) is 0 Å². The number of benzene rings is 2. The molecule has 0 amide bonds. The first kappa shape index (κ1) is 18.1. The predicted octanol–water partition coefficient (Wildman–Crippen LogP) is 4.78. The highest BCUT2D eigenvalue weighted by Gasteiger charge is 2.14. The molecule has 0 atom stereocenters. The maximum atomic E-state index is 13.5. The molecule has 0 bridgehead atoms. The summed E-state index contributed by atoms with van der Waals surface area (Å²) in [6, 6.07) is 14.8. The standard InChI is InChI=1S/C22H22FN5/c1-4-16-8-10-19(11-9-16)25-21-14(2)15(3)24-22-26-20(27-28(21)22)13-17-6-5-7-18(23)12-17/h5-12,25H,4,13H2,1-3H3. The molecule has 28 heavy (non-hydrogen) atoms. The molecule has 2 heterocycles. The van der Waals surface area contributed by atoms with Crippen LogP contribution in [0.4, 0.5) is 15.9 Å². The van der Waals surface area contributed by atoms with Gasteiger partial charge in [0, 0.05) is 23.4 Å². The fraction of sp³-hybridized carbons (Fsp3) is 0.227. The number of nitrogens with one attached hydrogen (secondary N) is 1. The zero-order chi connectivity index (χ0) is 19.7. The summed E-state index contributed by atoms with van der Waals surface area (Å²) < 4.78 is 15.2. The number of hydrogen-bond acceptors (Lipinski definition) is 4. The van der Waals surface area contributed by atoms with Gasteiger partial charge in [-0.25, -0.2) is 9.37 Å². The minimum absolute atomic E-state index is 0.260. The lowest BCUT2D eigenvalue weighted by atomic mass is 10.1. The predicted molar refractivity (Wildman–Crippen MR) is 109 cm³/mol. The minimum atomic E-state index is -0.260. The molecule has 0 spiro atoms. The van der Waals surface area contributed by atoms with Gasteiger partial charge in [-0.1, -0.05) is 31.2 Å². The summed E-state index contributed by atoms with van der Waals surface area (Å²) in [5.41, 5.74) is 5.00. The zero-order valence-corrected chi connectivity index (χ0v) is 16.2. The van der Waals surface area contributed by atoms with Gasteiger partial charge < -0.3 is 5.32 Å². The molecule has 0 fully saturated rings. The molecule has 4 aromatic rings. The van der Waals surface area contributed by atoms with E-state index in [4.69, 9.17) is 0 Å². The largest absolute Gasteiger partial charge is 0.340 e. The summed E-state index contributed by atoms with van der Waals surface area (Å²) >= 11 is 0. The van der Waals surface area contributed by atoms with Gasteiger partial charge in [0.25, 0.3) is 5.78 Å². The number of aryl methyl sites for hydroxylation is 2. The Morgan fingerprint density at radius 2 is 1.79 bits per heavy atom. The van der Waals surface area contributed by atoms with E-state index >= 15 is 0 Å². The van der Waals surface area contributed by atoms with E-state index in [0.29, 0.717) is 18.0 Å². The van der Waals surface area contributed by atoms with E-state index in [-0.39, 0.29) is 5.82 Å². The van der Waals surface area contributed by atoms with Crippen molar-refractivity contribution in [1.82, 2.24) is 19.6 Å². The van der Waals surface area contributed by atoms with Crippen molar-refractivity contribution in [2.75, 3.05) is 5.32 Å². The van der Waals surface area contributed by atoms with Crippen LogP contribution in [0.5, 0.6) is 0 Å². The number of hydrogen-bond donors (Lipinski definition) is 1. The van der Waals surface area contributed by atoms with Crippen LogP contribution in [0, 0.1) is 19.7 Å². The molecule has 0 saturated heterocycles. The van der Waals surface area contributed by atoms with Crippen LogP contribution in [-0.4, -0.2) is 19.6 Å². The number of nitrogens with zero attached hydrogens (tertiary/aromatic N) is 4. The van der Waals surface area contributed by atoms with Crippen LogP contribution in [0.25, 0.3) is 5.78 Å². The normalized spacial score (nSPS) is 11.1. The highest BCUT2D eigenvalue weighted by Crippen LogP contribution is 2.23. The third-order valence-corrected chi connectivity index (χ3v) is 4.89. The Hall–Kier alpha value is -3.28. The molecule has 5 nitrogen and oxygen atoms in total. The van der Waals surface area contributed by atoms with Crippen molar-refractivity contribution in [1.29, 1.82) is 0 Å². The molecule has 4 rings (SSSR count). The van der Waals surface area contributed by atoms with Gasteiger partial charge in [-0.3, -0.25) is 0 Å².